The molecule has 3 aliphatic rings. The van der Waals surface area contributed by atoms with Gasteiger partial charge in [0.25, 0.3) is 11.8 Å². The second kappa shape index (κ2) is 29.4. The van der Waals surface area contributed by atoms with Gasteiger partial charge in [-0.05, 0) is 51.0 Å². The van der Waals surface area contributed by atoms with E-state index in [9.17, 15) is 48.3 Å². The van der Waals surface area contributed by atoms with Crippen LogP contribution in [0.3, 0.4) is 0 Å². The molecule has 0 saturated carbocycles. The third kappa shape index (κ3) is 17.1. The molecule has 2 fully saturated rings. The molecule has 3 N–H and O–H groups in total. The Morgan fingerprint density at radius 3 is 2.27 bits per heavy atom. The van der Waals surface area contributed by atoms with Gasteiger partial charge in [-0.3, -0.25) is 33.5 Å². The number of carbonyl (C=O) groups excluding carboxylic acids is 9. The molecular formula is C54H67N7O23. The van der Waals surface area contributed by atoms with E-state index in [1.807, 2.05) is 0 Å². The lowest BCUT2D eigenvalue weighted by molar-refractivity contribution is -0.282. The van der Waals surface area contributed by atoms with Crippen molar-refractivity contribution >= 4 is 59.5 Å². The third-order valence-electron chi connectivity index (χ3n) is 12.1. The van der Waals surface area contributed by atoms with E-state index in [0.717, 1.165) is 32.8 Å². The first kappa shape index (κ1) is 64.3. The van der Waals surface area contributed by atoms with Crippen LogP contribution in [0.25, 0.3) is 0 Å². The van der Waals surface area contributed by atoms with E-state index in [1.54, 1.807) is 20.8 Å². The lowest BCUT2D eigenvalue weighted by Gasteiger charge is -2.43. The minimum atomic E-state index is -1.89. The predicted octanol–water partition coefficient (Wildman–Crippen LogP) is 2.62. The summed E-state index contributed by atoms with van der Waals surface area (Å²) in [6.07, 6.45) is -9.41. The van der Waals surface area contributed by atoms with Crippen molar-refractivity contribution in [2.75, 3.05) is 65.2 Å². The van der Waals surface area contributed by atoms with Crippen LogP contribution in [-0.4, -0.2) is 188 Å². The number of aliphatic hydroxyl groups is 1. The molecule has 456 valence electrons. The lowest BCUT2D eigenvalue weighted by atomic mass is 9.97. The van der Waals surface area contributed by atoms with Crippen molar-refractivity contribution in [3.8, 4) is 17.2 Å². The Morgan fingerprint density at radius 1 is 0.881 bits per heavy atom. The van der Waals surface area contributed by atoms with Crippen molar-refractivity contribution in [2.24, 2.45) is 0 Å². The molecule has 30 nitrogen and oxygen atoms in total. The maximum Gasteiger partial charge on any atom is 0.431 e. The maximum atomic E-state index is 14.6. The van der Waals surface area contributed by atoms with Gasteiger partial charge in [0.15, 0.2) is 41.7 Å². The number of benzene rings is 2. The molecule has 30 heteroatoms. The molecule has 4 amide bonds. The number of methoxy groups -OCH3 is 2. The standard InChI is InChI=1S/C54H67N7O23/c1-11-17-76-49(68)36-27-59(58-56-36)16-12-18-75-41-25-37-34(24-40(41)72-9)47(66)60-26-29(2)22-38(60)48(67)61(37)53(71)77-28-33-13-14-39(35(23-33)46(65)55-15-19-74-20-21-78-57-52(70)84-54(6,7)8)82-51-45(81-32(5)64)43(80-31(4)63)42(79-30(3)62)44(83-51)50(69)73-10/h11,13-14,23-25,27,38,42-45,48,51,67H,1-2,12,15-22,26,28H2,3-10H3,(H,55,65)(H,57,70)/t38-,42-,43-,44-,45+,48?,51+/m0/s1. The van der Waals surface area contributed by atoms with E-state index in [0.29, 0.717) is 12.0 Å². The summed E-state index contributed by atoms with van der Waals surface area (Å²) in [5.41, 5.74) is 1.64. The monoisotopic (exact) mass is 1180 g/mol. The summed E-state index contributed by atoms with van der Waals surface area (Å²) in [5.74, 6) is -6.17. The first-order chi connectivity index (χ1) is 39.9. The molecule has 2 aromatic carbocycles. The Labute approximate surface area is 481 Å². The number of fused-ring (bicyclic) bond motifs is 2. The summed E-state index contributed by atoms with van der Waals surface area (Å²) in [6.45, 7) is 14.9. The predicted molar refractivity (Wildman–Crippen MR) is 284 cm³/mol. The van der Waals surface area contributed by atoms with Gasteiger partial charge in [-0.2, -0.15) is 5.48 Å². The highest BCUT2D eigenvalue weighted by atomic mass is 16.7. The Kier molecular flexibility index (Phi) is 22.5. The summed E-state index contributed by atoms with van der Waals surface area (Å²) in [7, 11) is 2.35. The first-order valence-corrected chi connectivity index (χ1v) is 26.1. The smallest absolute Gasteiger partial charge is 0.431 e. The number of esters is 5. The van der Waals surface area contributed by atoms with Crippen LogP contribution in [0.4, 0.5) is 15.3 Å². The van der Waals surface area contributed by atoms with Crippen LogP contribution in [0.2, 0.25) is 0 Å². The fraction of sp³-hybridized carbons (Fsp3) is 0.500. The average Bonchev–Trinajstić information content (AvgIpc) is 4.01. The topological polar surface area (TPSA) is 355 Å². The fourth-order valence-electron chi connectivity index (χ4n) is 8.71. The summed E-state index contributed by atoms with van der Waals surface area (Å²) in [6, 6.07) is 5.62. The second-order valence-corrected chi connectivity index (χ2v) is 19.7. The minimum Gasteiger partial charge on any atom is -0.493 e. The van der Waals surface area contributed by atoms with Crippen LogP contribution in [-0.2, 0) is 79.8 Å². The maximum absolute atomic E-state index is 14.6. The molecule has 3 aromatic rings. The molecular weight excluding hydrogens is 1110 g/mol. The number of nitrogens with one attached hydrogen (secondary N) is 2. The normalized spacial score (nSPS) is 19.9. The van der Waals surface area contributed by atoms with E-state index in [4.69, 9.17) is 61.7 Å². The van der Waals surface area contributed by atoms with Crippen LogP contribution in [0, 0.1) is 0 Å². The number of ether oxygens (including phenoxy) is 12. The minimum absolute atomic E-state index is 0.00792. The molecule has 6 rings (SSSR count). The van der Waals surface area contributed by atoms with Crippen LogP contribution in [0.1, 0.15) is 91.2 Å². The van der Waals surface area contributed by atoms with Gasteiger partial charge in [0.05, 0.1) is 69.7 Å². The van der Waals surface area contributed by atoms with Crippen LogP contribution in [0.5, 0.6) is 17.2 Å². The molecule has 7 atom stereocenters. The number of hydroxylamine groups is 1. The van der Waals surface area contributed by atoms with Gasteiger partial charge in [0, 0.05) is 52.9 Å². The molecule has 3 aliphatic heterocycles. The lowest BCUT2D eigenvalue weighted by Crippen LogP contribution is -2.64. The van der Waals surface area contributed by atoms with Gasteiger partial charge in [0.1, 0.15) is 24.6 Å². The van der Waals surface area contributed by atoms with Crippen molar-refractivity contribution in [1.29, 1.82) is 0 Å². The largest absolute Gasteiger partial charge is 0.493 e. The molecule has 4 heterocycles. The zero-order valence-electron chi connectivity index (χ0n) is 47.4. The molecule has 2 saturated heterocycles. The molecule has 0 radical (unpaired) electrons. The van der Waals surface area contributed by atoms with Gasteiger partial charge in [0.2, 0.25) is 12.4 Å². The van der Waals surface area contributed by atoms with Crippen LogP contribution >= 0.6 is 0 Å². The Hall–Kier alpha value is -8.87. The molecule has 0 bridgehead atoms. The highest BCUT2D eigenvalue weighted by Crippen LogP contribution is 2.42. The van der Waals surface area contributed by atoms with Gasteiger partial charge < -0.3 is 72.2 Å². The number of aliphatic hydroxyl groups excluding tert-OH is 1. The first-order valence-electron chi connectivity index (χ1n) is 26.1. The van der Waals surface area contributed by atoms with E-state index in [1.165, 1.54) is 59.3 Å². The zero-order chi connectivity index (χ0) is 61.4. The Bertz CT molecular complexity index is 2940. The van der Waals surface area contributed by atoms with Crippen molar-refractivity contribution < 1.29 is 110 Å². The van der Waals surface area contributed by atoms with Gasteiger partial charge >= 0.3 is 42.0 Å². The van der Waals surface area contributed by atoms with Gasteiger partial charge in [-0.15, -0.1) is 5.10 Å². The van der Waals surface area contributed by atoms with Gasteiger partial charge in [-0.25, -0.2) is 24.1 Å². The number of aryl methyl sites for hydroxylation is 1. The van der Waals surface area contributed by atoms with Gasteiger partial charge in [-0.1, -0.05) is 36.1 Å². The number of hydrogen-bond donors (Lipinski definition) is 3. The SMILES string of the molecule is C=CCOC(=O)c1cn(CCCOc2cc3c(cc2OC)C(=O)N2CC(=C)C[C@H]2C(O)N3C(=O)OCc2ccc(O[C@@H]3O[C@H](C(=O)OC)[C@@H](OC(C)=O)[C@H](OC(C)=O)[C@H]3OC(C)=O)c(C(=O)NCCOCCONC(=O)OC(C)(C)C)c2)nn1. The summed E-state index contributed by atoms with van der Waals surface area (Å²) < 4.78 is 68.0. The van der Waals surface area contributed by atoms with Crippen LogP contribution in [0.15, 0.2) is 61.3 Å². The molecule has 1 aromatic heterocycles. The number of aromatic nitrogens is 3. The zero-order valence-corrected chi connectivity index (χ0v) is 47.4. The molecule has 1 unspecified atom stereocenters. The average molecular weight is 1180 g/mol. The summed E-state index contributed by atoms with van der Waals surface area (Å²) in [5, 5.41) is 22.5. The summed E-state index contributed by atoms with van der Waals surface area (Å²) >= 11 is 0. The number of amides is 4. The van der Waals surface area contributed by atoms with E-state index >= 15 is 0 Å². The van der Waals surface area contributed by atoms with Crippen molar-refractivity contribution in [3.05, 3.63) is 83.7 Å². The third-order valence-corrected chi connectivity index (χ3v) is 12.1. The van der Waals surface area contributed by atoms with E-state index in [2.05, 4.69) is 34.3 Å². The van der Waals surface area contributed by atoms with E-state index in [-0.39, 0.29) is 104 Å². The van der Waals surface area contributed by atoms with Crippen molar-refractivity contribution in [3.63, 3.8) is 0 Å². The number of nitrogens with zero attached hydrogens (tertiary/aromatic N) is 5. The van der Waals surface area contributed by atoms with Crippen molar-refractivity contribution in [1.82, 2.24) is 30.7 Å². The number of hydrogen-bond acceptors (Lipinski definition) is 25. The Morgan fingerprint density at radius 2 is 1.60 bits per heavy atom. The second-order valence-electron chi connectivity index (χ2n) is 19.7. The number of rotatable bonds is 25. The highest BCUT2D eigenvalue weighted by Gasteiger charge is 2.56. The quantitative estimate of drug-likeness (QED) is 0.0361. The number of anilines is 1. The number of carbonyl (C=O) groups is 9. The Balaban J connectivity index is 1.27. The molecule has 84 heavy (non-hydrogen) atoms. The fourth-order valence-corrected chi connectivity index (χ4v) is 8.71. The summed E-state index contributed by atoms with van der Waals surface area (Å²) in [4.78, 5) is 125. The van der Waals surface area contributed by atoms with E-state index < -0.39 is 109 Å². The van der Waals surface area contributed by atoms with Crippen molar-refractivity contribution in [2.45, 2.75) is 116 Å². The molecule has 0 aliphatic carbocycles. The highest BCUT2D eigenvalue weighted by molar-refractivity contribution is 6.06. The van der Waals surface area contributed by atoms with Crippen LogP contribution < -0.4 is 29.9 Å². The molecule has 0 spiro atoms.